The molecule has 2 atom stereocenters. The van der Waals surface area contributed by atoms with Crippen molar-refractivity contribution in [1.82, 2.24) is 4.72 Å². The molecule has 2 aromatic carbocycles. The average Bonchev–Trinajstić information content (AvgIpc) is 3.06. The van der Waals surface area contributed by atoms with Crippen molar-refractivity contribution in [3.63, 3.8) is 0 Å². The summed E-state index contributed by atoms with van der Waals surface area (Å²) in [5.41, 5.74) is 4.92. The third kappa shape index (κ3) is 6.26. The molecule has 3 rings (SSSR count). The highest BCUT2D eigenvalue weighted by molar-refractivity contribution is 7.92. The molecule has 2 aromatic rings. The quantitative estimate of drug-likeness (QED) is 0.567. The Hall–Kier alpha value is -3.78. The van der Waals surface area contributed by atoms with Gasteiger partial charge in [-0.15, -0.1) is 0 Å². The van der Waals surface area contributed by atoms with Crippen molar-refractivity contribution < 1.29 is 31.9 Å². The lowest BCUT2D eigenvalue weighted by Gasteiger charge is -2.32. The maximum Gasteiger partial charge on any atom is 0.404 e. The van der Waals surface area contributed by atoms with Gasteiger partial charge in [-0.2, -0.15) is 8.42 Å². The summed E-state index contributed by atoms with van der Waals surface area (Å²) in [4.78, 5) is 23.2. The summed E-state index contributed by atoms with van der Waals surface area (Å²) < 4.78 is 54.2. The Kier molecular flexibility index (Phi) is 7.79. The second-order valence-electron chi connectivity index (χ2n) is 9.37. The van der Waals surface area contributed by atoms with E-state index in [0.29, 0.717) is 4.31 Å². The summed E-state index contributed by atoms with van der Waals surface area (Å²) in [5, 5.41) is 0. The van der Waals surface area contributed by atoms with E-state index in [4.69, 9.17) is 15.2 Å². The maximum atomic E-state index is 15.7. The van der Waals surface area contributed by atoms with E-state index in [-0.39, 0.29) is 17.9 Å². The molecule has 0 aromatic heterocycles. The van der Waals surface area contributed by atoms with E-state index in [0.717, 1.165) is 5.56 Å². The van der Waals surface area contributed by atoms with Crippen molar-refractivity contribution in [3.8, 4) is 17.6 Å². The van der Waals surface area contributed by atoms with Crippen LogP contribution < -0.4 is 19.5 Å². The van der Waals surface area contributed by atoms with Crippen LogP contribution >= 0.6 is 0 Å². The van der Waals surface area contributed by atoms with Crippen molar-refractivity contribution in [2.75, 3.05) is 10.8 Å². The number of anilines is 1. The van der Waals surface area contributed by atoms with Crippen LogP contribution in [0.5, 0.6) is 5.75 Å². The van der Waals surface area contributed by atoms with E-state index in [2.05, 4.69) is 11.8 Å². The Morgan fingerprint density at radius 2 is 1.89 bits per heavy atom. The number of carbonyl (C=O) groups excluding carboxylic acids is 2. The van der Waals surface area contributed by atoms with Gasteiger partial charge in [0.1, 0.15) is 30.7 Å². The molecule has 2 unspecified atom stereocenters. The smallest absolute Gasteiger partial charge is 0.404 e. The summed E-state index contributed by atoms with van der Waals surface area (Å²) >= 11 is 0. The molecule has 3 N–H and O–H groups in total. The Bertz CT molecular complexity index is 1310. The fourth-order valence-electron chi connectivity index (χ4n) is 3.79. The molecule has 1 heterocycles. The number of rotatable bonds is 6. The second-order valence-corrected chi connectivity index (χ2v) is 11.0. The van der Waals surface area contributed by atoms with E-state index in [1.165, 1.54) is 12.1 Å². The predicted molar refractivity (Wildman–Crippen MR) is 132 cm³/mol. The molecule has 36 heavy (non-hydrogen) atoms. The fourth-order valence-corrected chi connectivity index (χ4v) is 4.95. The van der Waals surface area contributed by atoms with Gasteiger partial charge < -0.3 is 15.2 Å². The highest BCUT2D eigenvalue weighted by Gasteiger charge is 2.38. The monoisotopic (exact) mass is 517 g/mol. The van der Waals surface area contributed by atoms with E-state index in [1.807, 2.05) is 31.6 Å². The summed E-state index contributed by atoms with van der Waals surface area (Å²) in [7, 11) is -4.32. The number of primary amides is 1. The first-order valence-electron chi connectivity index (χ1n) is 11.1. The molecule has 9 nitrogen and oxygen atoms in total. The van der Waals surface area contributed by atoms with E-state index < -0.39 is 57.7 Å². The maximum absolute atomic E-state index is 15.7. The first-order valence-corrected chi connectivity index (χ1v) is 12.5. The number of benzene rings is 2. The normalized spacial score (nSPS) is 16.4. The van der Waals surface area contributed by atoms with Crippen LogP contribution in [-0.2, 0) is 26.3 Å². The van der Waals surface area contributed by atoms with Gasteiger partial charge in [-0.1, -0.05) is 62.9 Å². The van der Waals surface area contributed by atoms with Crippen molar-refractivity contribution >= 4 is 27.9 Å². The number of hydrogen-bond donors (Lipinski definition) is 2. The van der Waals surface area contributed by atoms with Crippen molar-refractivity contribution in [3.05, 3.63) is 59.4 Å². The first kappa shape index (κ1) is 26.8. The lowest BCUT2D eigenvalue weighted by Crippen LogP contribution is -2.38. The van der Waals surface area contributed by atoms with Gasteiger partial charge in [0, 0.05) is 5.41 Å². The molecule has 1 saturated heterocycles. The van der Waals surface area contributed by atoms with E-state index in [9.17, 15) is 18.0 Å². The van der Waals surface area contributed by atoms with Crippen LogP contribution in [0.3, 0.4) is 0 Å². The topological polar surface area (TPSA) is 128 Å². The highest BCUT2D eigenvalue weighted by atomic mass is 32.2. The molecule has 0 bridgehead atoms. The van der Waals surface area contributed by atoms with E-state index in [1.54, 1.807) is 31.2 Å². The van der Waals surface area contributed by atoms with E-state index >= 15 is 4.39 Å². The van der Waals surface area contributed by atoms with Gasteiger partial charge in [0.05, 0.1) is 11.5 Å². The van der Waals surface area contributed by atoms with Crippen LogP contribution in [-0.4, -0.2) is 33.1 Å². The van der Waals surface area contributed by atoms with Crippen LogP contribution in [0, 0.1) is 29.0 Å². The predicted octanol–water partition coefficient (Wildman–Crippen LogP) is 3.08. The third-order valence-electron chi connectivity index (χ3n) is 5.37. The molecule has 1 aliphatic rings. The minimum Gasteiger partial charge on any atom is -0.487 e. The lowest BCUT2D eigenvalue weighted by atomic mass is 9.82. The van der Waals surface area contributed by atoms with Crippen LogP contribution in [0.15, 0.2) is 42.5 Å². The van der Waals surface area contributed by atoms with Crippen LogP contribution in [0.1, 0.15) is 38.8 Å². The number of halogens is 1. The number of nitrogens with zero attached hydrogens (tertiary/aromatic N) is 1. The standard InChI is InChI=1S/C25H28FN3O6S/c1-16(23(25(2,3)4)35-24(27)31)10-11-18-12-13-19(34-15-17-8-6-5-7-9-17)22(21(18)26)29-14-20(30)28-36(29,32)33/h5-9,12-13,16,23H,14-15H2,1-4H3,(H2,27,31)(H,28,30). The molecule has 0 radical (unpaired) electrons. The van der Waals surface area contributed by atoms with Crippen LogP contribution in [0.2, 0.25) is 0 Å². The molecule has 0 spiro atoms. The van der Waals surface area contributed by atoms with Gasteiger partial charge in [0.2, 0.25) is 0 Å². The van der Waals surface area contributed by atoms with Gasteiger partial charge in [-0.05, 0) is 24.6 Å². The van der Waals surface area contributed by atoms with Gasteiger partial charge >= 0.3 is 16.3 Å². The number of amides is 2. The lowest BCUT2D eigenvalue weighted by molar-refractivity contribution is -0.117. The SMILES string of the molecule is CC(C#Cc1ccc(OCc2ccccc2)c(N2CC(=O)NS2(=O)=O)c1F)C(OC(N)=O)C(C)(C)C. The van der Waals surface area contributed by atoms with Crippen molar-refractivity contribution in [2.24, 2.45) is 17.1 Å². The van der Waals surface area contributed by atoms with Gasteiger partial charge in [-0.25, -0.2) is 18.2 Å². The molecule has 11 heteroatoms. The number of nitrogens with one attached hydrogen (secondary N) is 1. The van der Waals surface area contributed by atoms with Gasteiger partial charge in [0.25, 0.3) is 5.91 Å². The molecular formula is C25H28FN3O6S. The number of nitrogens with two attached hydrogens (primary N) is 1. The van der Waals surface area contributed by atoms with Crippen molar-refractivity contribution in [1.29, 1.82) is 0 Å². The first-order chi connectivity index (χ1) is 16.8. The van der Waals surface area contributed by atoms with Crippen molar-refractivity contribution in [2.45, 2.75) is 40.4 Å². The Morgan fingerprint density at radius 3 is 2.44 bits per heavy atom. The molecule has 2 amide bonds. The Morgan fingerprint density at radius 1 is 1.22 bits per heavy atom. The number of hydrogen-bond acceptors (Lipinski definition) is 6. The summed E-state index contributed by atoms with van der Waals surface area (Å²) in [6.07, 6.45) is -1.63. The fraction of sp³-hybridized carbons (Fsp3) is 0.360. The van der Waals surface area contributed by atoms with Gasteiger partial charge in [0.15, 0.2) is 5.82 Å². The molecule has 192 valence electrons. The second kappa shape index (κ2) is 10.5. The Balaban J connectivity index is 2.02. The largest absolute Gasteiger partial charge is 0.487 e. The summed E-state index contributed by atoms with van der Waals surface area (Å²) in [6, 6.07) is 11.8. The zero-order valence-corrected chi connectivity index (χ0v) is 21.2. The minimum absolute atomic E-state index is 0.0440. The molecule has 0 aliphatic carbocycles. The molecular weight excluding hydrogens is 489 g/mol. The van der Waals surface area contributed by atoms with Crippen LogP contribution in [0.4, 0.5) is 14.9 Å². The zero-order chi connectivity index (χ0) is 26.7. The van der Waals surface area contributed by atoms with Gasteiger partial charge in [-0.3, -0.25) is 4.79 Å². The average molecular weight is 518 g/mol. The highest BCUT2D eigenvalue weighted by Crippen LogP contribution is 2.36. The summed E-state index contributed by atoms with van der Waals surface area (Å²) in [6.45, 7) is 6.68. The zero-order valence-electron chi connectivity index (χ0n) is 20.4. The number of carbonyl (C=O) groups is 2. The minimum atomic E-state index is -4.32. The molecule has 1 fully saturated rings. The number of ether oxygens (including phenoxy) is 2. The molecule has 1 aliphatic heterocycles. The Labute approximate surface area is 209 Å². The molecule has 0 saturated carbocycles. The summed E-state index contributed by atoms with van der Waals surface area (Å²) in [5.74, 6) is 3.19. The van der Waals surface area contributed by atoms with Crippen LogP contribution in [0.25, 0.3) is 0 Å². The third-order valence-corrected chi connectivity index (χ3v) is 6.75.